The third-order valence-corrected chi connectivity index (χ3v) is 7.39. The Morgan fingerprint density at radius 2 is 1.96 bits per heavy atom. The third-order valence-electron chi connectivity index (χ3n) is 5.45. The Morgan fingerprint density at radius 1 is 1.28 bits per heavy atom. The summed E-state index contributed by atoms with van der Waals surface area (Å²) in [5, 5.41) is 0. The summed E-state index contributed by atoms with van der Waals surface area (Å²) < 4.78 is 14.7. The van der Waals surface area contributed by atoms with Crippen LogP contribution in [0.1, 0.15) is 64.0 Å². The molecule has 129 valence electrons. The molecule has 3 rings (SSSR count). The molecule has 25 heavy (non-hydrogen) atoms. The van der Waals surface area contributed by atoms with E-state index in [9.17, 15) is 4.39 Å². The van der Waals surface area contributed by atoms with Crippen LogP contribution >= 0.6 is 0 Å². The fourth-order valence-corrected chi connectivity index (χ4v) is 6.20. The number of benzene rings is 1. The van der Waals surface area contributed by atoms with Gasteiger partial charge in [0.2, 0.25) is 0 Å². The zero-order valence-electron chi connectivity index (χ0n) is 15.4. The van der Waals surface area contributed by atoms with E-state index in [2.05, 4.69) is 25.3 Å². The Bertz CT molecular complexity index is 701. The molecule has 1 atom stereocenters. The summed E-state index contributed by atoms with van der Waals surface area (Å²) in [6, 6.07) is 7.32. The second-order valence-electron chi connectivity index (χ2n) is 7.06. The van der Waals surface area contributed by atoms with Crippen LogP contribution in [0.4, 0.5) is 4.39 Å². The van der Waals surface area contributed by atoms with Crippen LogP contribution in [0.5, 0.6) is 0 Å². The van der Waals surface area contributed by atoms with Crippen LogP contribution in [0.15, 0.2) is 52.8 Å². The normalized spacial score (nSPS) is 19.8. The van der Waals surface area contributed by atoms with Gasteiger partial charge in [0.15, 0.2) is 0 Å². The zero-order valence-corrected chi connectivity index (χ0v) is 20.9. The first-order valence-electron chi connectivity index (χ1n) is 9.43. The van der Waals surface area contributed by atoms with Gasteiger partial charge in [0, 0.05) is 0 Å². The van der Waals surface area contributed by atoms with Crippen molar-refractivity contribution in [2.24, 2.45) is 10.9 Å². The van der Waals surface area contributed by atoms with E-state index < -0.39 is 0 Å². The molecule has 0 saturated heterocycles. The van der Waals surface area contributed by atoms with Crippen LogP contribution in [-0.2, 0) is 26.1 Å². The molecule has 0 bridgehead atoms. The van der Waals surface area contributed by atoms with Crippen LogP contribution in [-0.4, -0.2) is 8.24 Å². The van der Waals surface area contributed by atoms with Crippen molar-refractivity contribution in [1.29, 1.82) is 0 Å². The number of amidine groups is 1. The topological polar surface area (TPSA) is 15.6 Å². The summed E-state index contributed by atoms with van der Waals surface area (Å²) in [6.07, 6.45) is 6.86. The molecule has 1 aliphatic carbocycles. The van der Waals surface area contributed by atoms with Crippen molar-refractivity contribution in [2.45, 2.75) is 58.4 Å². The number of halogens is 1. The molecule has 1 unspecified atom stereocenters. The van der Waals surface area contributed by atoms with Crippen LogP contribution in [0, 0.1) is 11.7 Å². The first-order chi connectivity index (χ1) is 12.1. The van der Waals surface area contributed by atoms with E-state index in [1.807, 2.05) is 12.1 Å². The molecular weight excluding hydrogens is 500 g/mol. The summed E-state index contributed by atoms with van der Waals surface area (Å²) in [4.78, 5) is 7.42. The van der Waals surface area contributed by atoms with E-state index in [0.29, 0.717) is 32.0 Å². The molecule has 1 fully saturated rings. The molecule has 4 heteroatoms. The van der Waals surface area contributed by atoms with Crippen LogP contribution in [0.3, 0.4) is 0 Å². The molecule has 2 aliphatic rings. The second-order valence-corrected chi connectivity index (χ2v) is 9.52. The van der Waals surface area contributed by atoms with Crippen molar-refractivity contribution >= 4 is 3.34 Å². The van der Waals surface area contributed by atoms with Gasteiger partial charge in [-0.25, -0.2) is 0 Å². The molecule has 1 aromatic rings. The van der Waals surface area contributed by atoms with Crippen LogP contribution in [0.25, 0.3) is 0 Å². The van der Waals surface area contributed by atoms with Gasteiger partial charge in [0.05, 0.1) is 0 Å². The van der Waals surface area contributed by atoms with Gasteiger partial charge in [-0.2, -0.15) is 0 Å². The molecule has 1 aliphatic heterocycles. The Kier molecular flexibility index (Phi) is 6.14. The molecule has 0 radical (unpaired) electrons. The number of nitrogens with zero attached hydrogens (tertiary/aromatic N) is 2. The second kappa shape index (κ2) is 8.15. The number of rotatable bonds is 6. The van der Waals surface area contributed by atoms with E-state index in [1.54, 1.807) is 12.1 Å². The van der Waals surface area contributed by atoms with Gasteiger partial charge in [0.25, 0.3) is 0 Å². The summed E-state index contributed by atoms with van der Waals surface area (Å²) in [5.74, 6) is 0.443. The zero-order chi connectivity index (χ0) is 18.0. The summed E-state index contributed by atoms with van der Waals surface area (Å²) in [7, 11) is 0. The number of allylic oxidation sites excluding steroid dienone is 2. The quantitative estimate of drug-likeness (QED) is 0.425. The van der Waals surface area contributed by atoms with Crippen molar-refractivity contribution in [2.75, 3.05) is 0 Å². The maximum absolute atomic E-state index is 13.4. The Labute approximate surface area is 166 Å². The molecule has 0 N–H and O–H groups in total. The van der Waals surface area contributed by atoms with Crippen molar-refractivity contribution in [3.63, 3.8) is 0 Å². The van der Waals surface area contributed by atoms with E-state index in [0.717, 1.165) is 25.0 Å². The average molecular weight is 526 g/mol. The first-order valence-corrected chi connectivity index (χ1v) is 12.2. The Morgan fingerprint density at radius 3 is 2.48 bits per heavy atom. The number of hydrogen-bond acceptors (Lipinski definition) is 2. The fraction of sp³-hybridized carbons (Fsp3) is 0.476. The molecule has 0 spiro atoms. The minimum absolute atomic E-state index is 0.170. The van der Waals surface area contributed by atoms with Crippen molar-refractivity contribution in [1.82, 2.24) is 4.90 Å². The summed E-state index contributed by atoms with van der Waals surface area (Å²) >= 11 is 0.409. The van der Waals surface area contributed by atoms with Gasteiger partial charge < -0.3 is 0 Å². The van der Waals surface area contributed by atoms with Crippen LogP contribution in [0.2, 0.25) is 0 Å². The molecule has 2 nitrogen and oxygen atoms in total. The number of aliphatic imine (C=N–C) groups is 1. The van der Waals surface area contributed by atoms with Crippen molar-refractivity contribution < 1.29 is 30.5 Å². The molecule has 0 aromatic heterocycles. The summed E-state index contributed by atoms with van der Waals surface area (Å²) in [6.45, 7) is 8.89. The first kappa shape index (κ1) is 18.8. The van der Waals surface area contributed by atoms with Crippen LogP contribution < -0.4 is 0 Å². The Hall–Kier alpha value is -0.965. The fourth-order valence-electron chi connectivity index (χ4n) is 3.95. The van der Waals surface area contributed by atoms with E-state index >= 15 is 0 Å². The van der Waals surface area contributed by atoms with E-state index in [4.69, 9.17) is 4.99 Å². The van der Waals surface area contributed by atoms with Crippen molar-refractivity contribution in [3.05, 3.63) is 59.2 Å². The van der Waals surface area contributed by atoms with Gasteiger partial charge in [-0.3, -0.25) is 0 Å². The minimum atomic E-state index is -0.170. The monoisotopic (exact) mass is 527 g/mol. The van der Waals surface area contributed by atoms with E-state index in [1.165, 1.54) is 39.4 Å². The molecule has 0 amide bonds. The van der Waals surface area contributed by atoms with Gasteiger partial charge in [-0.1, -0.05) is 0 Å². The predicted molar refractivity (Wildman–Crippen MR) is 97.1 cm³/mol. The van der Waals surface area contributed by atoms with Gasteiger partial charge in [-0.15, -0.1) is 0 Å². The van der Waals surface area contributed by atoms with Gasteiger partial charge >= 0.3 is 167 Å². The third kappa shape index (κ3) is 3.76. The SMILES string of the molecule is C=C1C(CCC)=C(CC)N=[C]([Hg])N1C(c1ccc(F)cc1)C1CCC1. The average Bonchev–Trinajstić information content (AvgIpc) is 2.55. The molecule has 1 aromatic carbocycles. The Balaban J connectivity index is 2.01. The van der Waals surface area contributed by atoms with Gasteiger partial charge in [-0.05, 0) is 0 Å². The molecular formula is C21H26FHgN2. The molecule has 1 heterocycles. The maximum atomic E-state index is 13.4. The molecule has 1 saturated carbocycles. The standard InChI is InChI=1S/C21H26FN2.Hg/c1-4-7-19-15(3)24(14-23-20(19)5-2)21(16-8-6-9-16)17-10-12-18(22)13-11-17;/h10-13,16,21H,3-9H2,1-2H3;. The number of hydrogen-bond donors (Lipinski definition) is 0. The summed E-state index contributed by atoms with van der Waals surface area (Å²) in [5.41, 5.74) is 4.88. The van der Waals surface area contributed by atoms with E-state index in [-0.39, 0.29) is 11.9 Å². The van der Waals surface area contributed by atoms with Gasteiger partial charge in [0.1, 0.15) is 0 Å². The predicted octanol–water partition coefficient (Wildman–Crippen LogP) is 5.86. The van der Waals surface area contributed by atoms with Crippen molar-refractivity contribution in [3.8, 4) is 0 Å².